The number of para-hydroxylation sites is 3. The Morgan fingerprint density at radius 3 is 2.35 bits per heavy atom. The molecule has 0 radical (unpaired) electrons. The highest BCUT2D eigenvalue weighted by molar-refractivity contribution is 7.22. The van der Waals surface area contributed by atoms with E-state index in [9.17, 15) is 0 Å². The second kappa shape index (κ2) is 6.63. The lowest BCUT2D eigenvalue weighted by atomic mass is 10.2. The van der Waals surface area contributed by atoms with Crippen LogP contribution in [0.3, 0.4) is 0 Å². The molecule has 6 heteroatoms. The molecule has 130 valence electrons. The molecule has 3 heterocycles. The van der Waals surface area contributed by atoms with Crippen LogP contribution in [-0.2, 0) is 6.54 Å². The molecule has 5 rings (SSSR count). The van der Waals surface area contributed by atoms with Gasteiger partial charge in [-0.1, -0.05) is 35.6 Å². The molecular formula is C20H19N5S. The predicted molar refractivity (Wildman–Crippen MR) is 107 cm³/mol. The maximum atomic E-state index is 4.78. The number of piperazine rings is 1. The van der Waals surface area contributed by atoms with Crippen LogP contribution in [0.1, 0.15) is 5.69 Å². The first kappa shape index (κ1) is 15.7. The zero-order chi connectivity index (χ0) is 17.3. The van der Waals surface area contributed by atoms with E-state index in [0.717, 1.165) is 60.1 Å². The summed E-state index contributed by atoms with van der Waals surface area (Å²) in [6.45, 7) is 4.89. The van der Waals surface area contributed by atoms with Crippen molar-refractivity contribution < 1.29 is 0 Å². The third kappa shape index (κ3) is 3.02. The van der Waals surface area contributed by atoms with E-state index in [1.807, 2.05) is 36.5 Å². The van der Waals surface area contributed by atoms with Crippen molar-refractivity contribution in [1.29, 1.82) is 0 Å². The fraction of sp³-hybridized carbons (Fsp3) is 0.250. The molecule has 1 fully saturated rings. The Hall–Kier alpha value is -2.57. The number of benzene rings is 2. The van der Waals surface area contributed by atoms with Crippen LogP contribution in [0.15, 0.2) is 54.7 Å². The molecule has 2 aromatic heterocycles. The number of thiazole rings is 1. The molecule has 5 nitrogen and oxygen atoms in total. The first-order valence-electron chi connectivity index (χ1n) is 8.89. The largest absolute Gasteiger partial charge is 0.345 e. The Balaban J connectivity index is 1.26. The van der Waals surface area contributed by atoms with Gasteiger partial charge in [-0.05, 0) is 24.3 Å². The summed E-state index contributed by atoms with van der Waals surface area (Å²) in [6.07, 6.45) is 1.91. The molecule has 26 heavy (non-hydrogen) atoms. The molecule has 4 aromatic rings. The van der Waals surface area contributed by atoms with Crippen LogP contribution >= 0.6 is 11.3 Å². The van der Waals surface area contributed by atoms with Gasteiger partial charge in [0.05, 0.1) is 33.1 Å². The van der Waals surface area contributed by atoms with Gasteiger partial charge in [-0.3, -0.25) is 9.88 Å². The third-order valence-corrected chi connectivity index (χ3v) is 5.91. The van der Waals surface area contributed by atoms with Gasteiger partial charge in [-0.15, -0.1) is 0 Å². The van der Waals surface area contributed by atoms with Gasteiger partial charge in [0.15, 0.2) is 5.13 Å². The number of nitrogens with zero attached hydrogens (tertiary/aromatic N) is 5. The number of hydrogen-bond acceptors (Lipinski definition) is 6. The van der Waals surface area contributed by atoms with Crippen LogP contribution in [0.2, 0.25) is 0 Å². The minimum Gasteiger partial charge on any atom is -0.345 e. The third-order valence-electron chi connectivity index (χ3n) is 4.81. The zero-order valence-corrected chi connectivity index (χ0v) is 15.2. The second-order valence-corrected chi connectivity index (χ2v) is 7.59. The van der Waals surface area contributed by atoms with E-state index >= 15 is 0 Å². The molecule has 0 aliphatic carbocycles. The average molecular weight is 361 g/mol. The van der Waals surface area contributed by atoms with Gasteiger partial charge in [0, 0.05) is 32.7 Å². The van der Waals surface area contributed by atoms with Crippen molar-refractivity contribution in [3.63, 3.8) is 0 Å². The smallest absolute Gasteiger partial charge is 0.186 e. The lowest BCUT2D eigenvalue weighted by Crippen LogP contribution is -2.46. The summed E-state index contributed by atoms with van der Waals surface area (Å²) in [6, 6.07) is 16.4. The van der Waals surface area contributed by atoms with Gasteiger partial charge < -0.3 is 4.90 Å². The lowest BCUT2D eigenvalue weighted by Gasteiger charge is -2.34. The topological polar surface area (TPSA) is 45.2 Å². The number of aromatic nitrogens is 3. The van der Waals surface area contributed by atoms with Gasteiger partial charge in [-0.25, -0.2) is 9.97 Å². The summed E-state index contributed by atoms with van der Waals surface area (Å²) in [4.78, 5) is 18.9. The Morgan fingerprint density at radius 1 is 0.808 bits per heavy atom. The van der Waals surface area contributed by atoms with Gasteiger partial charge >= 0.3 is 0 Å². The highest BCUT2D eigenvalue weighted by Crippen LogP contribution is 2.29. The quantitative estimate of drug-likeness (QED) is 0.558. The van der Waals surface area contributed by atoms with Crippen LogP contribution in [0.5, 0.6) is 0 Å². The van der Waals surface area contributed by atoms with Crippen molar-refractivity contribution in [2.24, 2.45) is 0 Å². The van der Waals surface area contributed by atoms with Crippen molar-refractivity contribution in [2.75, 3.05) is 31.1 Å². The van der Waals surface area contributed by atoms with Crippen LogP contribution in [-0.4, -0.2) is 46.0 Å². The number of hydrogen-bond donors (Lipinski definition) is 0. The molecule has 0 amide bonds. The standard InChI is InChI=1S/C20H19N5S/c1-2-6-17-16(5-1)21-13-15(22-17)14-24-9-11-25(12-10-24)20-23-18-7-3-4-8-19(18)26-20/h1-8,13H,9-12,14H2. The van der Waals surface area contributed by atoms with Crippen molar-refractivity contribution in [2.45, 2.75) is 6.54 Å². The minimum absolute atomic E-state index is 0.853. The fourth-order valence-electron chi connectivity index (χ4n) is 3.39. The predicted octanol–water partition coefficient (Wildman–Crippen LogP) is 3.56. The second-order valence-electron chi connectivity index (χ2n) is 6.58. The lowest BCUT2D eigenvalue weighted by molar-refractivity contribution is 0.247. The summed E-state index contributed by atoms with van der Waals surface area (Å²) in [5, 5.41) is 1.14. The highest BCUT2D eigenvalue weighted by atomic mass is 32.1. The summed E-state index contributed by atoms with van der Waals surface area (Å²) in [5.41, 5.74) is 4.06. The highest BCUT2D eigenvalue weighted by Gasteiger charge is 2.20. The molecule has 1 aliphatic heterocycles. The van der Waals surface area contributed by atoms with E-state index in [1.165, 1.54) is 4.70 Å². The molecule has 0 spiro atoms. The van der Waals surface area contributed by atoms with Crippen molar-refractivity contribution in [3.05, 3.63) is 60.4 Å². The summed E-state index contributed by atoms with van der Waals surface area (Å²) in [7, 11) is 0. The summed E-state index contributed by atoms with van der Waals surface area (Å²) >= 11 is 1.78. The molecule has 2 aromatic carbocycles. The molecule has 0 unspecified atom stereocenters. The van der Waals surface area contributed by atoms with E-state index in [-0.39, 0.29) is 0 Å². The fourth-order valence-corrected chi connectivity index (χ4v) is 4.41. The molecule has 0 saturated carbocycles. The first-order chi connectivity index (χ1) is 12.8. The Morgan fingerprint density at radius 2 is 1.54 bits per heavy atom. The number of rotatable bonds is 3. The normalized spacial score (nSPS) is 15.8. The van der Waals surface area contributed by atoms with E-state index in [2.05, 4.69) is 33.0 Å². The van der Waals surface area contributed by atoms with Gasteiger partial charge in [0.1, 0.15) is 0 Å². The average Bonchev–Trinajstić information content (AvgIpc) is 3.13. The Bertz CT molecular complexity index is 1020. The Labute approximate surface area is 155 Å². The van der Waals surface area contributed by atoms with Crippen molar-refractivity contribution >= 4 is 37.7 Å². The number of anilines is 1. The number of fused-ring (bicyclic) bond motifs is 2. The first-order valence-corrected chi connectivity index (χ1v) is 9.70. The van der Waals surface area contributed by atoms with Gasteiger partial charge in [0.2, 0.25) is 0 Å². The van der Waals surface area contributed by atoms with Crippen LogP contribution < -0.4 is 4.90 Å². The molecule has 1 aliphatic rings. The van der Waals surface area contributed by atoms with E-state index in [0.29, 0.717) is 0 Å². The molecular weight excluding hydrogens is 342 g/mol. The minimum atomic E-state index is 0.853. The zero-order valence-electron chi connectivity index (χ0n) is 14.4. The van der Waals surface area contributed by atoms with Crippen molar-refractivity contribution in [1.82, 2.24) is 19.9 Å². The molecule has 0 bridgehead atoms. The maximum absolute atomic E-state index is 4.78. The van der Waals surface area contributed by atoms with E-state index < -0.39 is 0 Å². The summed E-state index contributed by atoms with van der Waals surface area (Å²) < 4.78 is 1.26. The Kier molecular flexibility index (Phi) is 3.99. The van der Waals surface area contributed by atoms with E-state index in [4.69, 9.17) is 9.97 Å². The van der Waals surface area contributed by atoms with Gasteiger partial charge in [-0.2, -0.15) is 0 Å². The maximum Gasteiger partial charge on any atom is 0.186 e. The van der Waals surface area contributed by atoms with E-state index in [1.54, 1.807) is 11.3 Å². The molecule has 0 atom stereocenters. The SMILES string of the molecule is c1ccc2nc(CN3CCN(c4nc5ccccc5s4)CC3)cnc2c1. The monoisotopic (exact) mass is 361 g/mol. The molecule has 0 N–H and O–H groups in total. The van der Waals surface area contributed by atoms with Gasteiger partial charge in [0.25, 0.3) is 0 Å². The van der Waals surface area contributed by atoms with Crippen LogP contribution in [0.4, 0.5) is 5.13 Å². The summed E-state index contributed by atoms with van der Waals surface area (Å²) in [5.74, 6) is 0. The van der Waals surface area contributed by atoms with Crippen molar-refractivity contribution in [3.8, 4) is 0 Å². The van der Waals surface area contributed by atoms with Crippen LogP contribution in [0, 0.1) is 0 Å². The molecule has 1 saturated heterocycles. The van der Waals surface area contributed by atoms with Crippen LogP contribution in [0.25, 0.3) is 21.3 Å².